The van der Waals surface area contributed by atoms with Crippen molar-refractivity contribution in [3.63, 3.8) is 0 Å². The molecule has 7 nitrogen and oxygen atoms in total. The summed E-state index contributed by atoms with van der Waals surface area (Å²) >= 11 is 0. The van der Waals surface area contributed by atoms with Crippen molar-refractivity contribution in [1.82, 2.24) is 19.6 Å². The predicted molar refractivity (Wildman–Crippen MR) is 164 cm³/mol. The van der Waals surface area contributed by atoms with Gasteiger partial charge in [-0.25, -0.2) is 0 Å². The van der Waals surface area contributed by atoms with Crippen LogP contribution in [0.2, 0.25) is 0 Å². The molecular formula is C34H39N5O2. The van der Waals surface area contributed by atoms with Crippen LogP contribution in [0.4, 0.5) is 5.69 Å². The van der Waals surface area contributed by atoms with Gasteiger partial charge in [0.15, 0.2) is 0 Å². The van der Waals surface area contributed by atoms with Gasteiger partial charge in [0, 0.05) is 52.4 Å². The molecule has 6 rings (SSSR count). The Kier molecular flexibility index (Phi) is 8.44. The second kappa shape index (κ2) is 12.7. The summed E-state index contributed by atoms with van der Waals surface area (Å²) in [5.41, 5.74) is 5.32. The maximum Gasteiger partial charge on any atom is 0.316 e. The van der Waals surface area contributed by atoms with Gasteiger partial charge in [0.1, 0.15) is 11.8 Å². The van der Waals surface area contributed by atoms with E-state index in [1.54, 1.807) is 0 Å². The molecule has 2 saturated heterocycles. The molecule has 7 heteroatoms. The van der Waals surface area contributed by atoms with Crippen LogP contribution in [0.3, 0.4) is 0 Å². The number of aryl methyl sites for hydroxylation is 1. The highest BCUT2D eigenvalue weighted by atomic mass is 16.5. The van der Waals surface area contributed by atoms with E-state index in [1.165, 1.54) is 21.4 Å². The van der Waals surface area contributed by atoms with Gasteiger partial charge in [-0.15, -0.1) is 0 Å². The third-order valence-corrected chi connectivity index (χ3v) is 8.19. The highest BCUT2D eigenvalue weighted by Gasteiger charge is 2.27. The summed E-state index contributed by atoms with van der Waals surface area (Å²) < 4.78 is 8.08. The van der Waals surface area contributed by atoms with Gasteiger partial charge in [-0.3, -0.25) is 14.6 Å². The molecular weight excluding hydrogens is 510 g/mol. The lowest BCUT2D eigenvalue weighted by Gasteiger charge is -2.37. The normalized spacial score (nSPS) is 17.0. The number of piperazine rings is 1. The van der Waals surface area contributed by atoms with E-state index in [4.69, 9.17) is 4.74 Å². The molecule has 0 bridgehead atoms. The zero-order chi connectivity index (χ0) is 28.0. The summed E-state index contributed by atoms with van der Waals surface area (Å²) in [5.74, 6) is 0.428. The minimum atomic E-state index is -0.192. The first kappa shape index (κ1) is 27.2. The van der Waals surface area contributed by atoms with E-state index in [-0.39, 0.29) is 11.7 Å². The van der Waals surface area contributed by atoms with Gasteiger partial charge in [-0.1, -0.05) is 78.4 Å². The molecule has 1 aromatic heterocycles. The topological polar surface area (TPSA) is 53.8 Å². The van der Waals surface area contributed by atoms with E-state index >= 15 is 0 Å². The molecule has 41 heavy (non-hydrogen) atoms. The van der Waals surface area contributed by atoms with Gasteiger partial charge in [-0.2, -0.15) is 9.78 Å². The zero-order valence-corrected chi connectivity index (χ0v) is 23.9. The third-order valence-electron chi connectivity index (χ3n) is 8.19. The molecule has 4 aromatic rings. The van der Waals surface area contributed by atoms with Crippen molar-refractivity contribution in [2.24, 2.45) is 0 Å². The number of likely N-dealkylation sites (tertiary alicyclic amines) is 1. The molecule has 2 fully saturated rings. The average Bonchev–Trinajstić information content (AvgIpc) is 3.00. The number of anilines is 1. The molecule has 212 valence electrons. The number of piperidine rings is 1. The van der Waals surface area contributed by atoms with E-state index in [0.717, 1.165) is 76.6 Å². The number of rotatable bonds is 8. The van der Waals surface area contributed by atoms with E-state index < -0.39 is 0 Å². The number of nitrogens with zero attached hydrogens (tertiary/aromatic N) is 5. The van der Waals surface area contributed by atoms with Crippen LogP contribution in [0, 0.1) is 6.92 Å². The molecule has 2 aliphatic heterocycles. The Labute approximate surface area is 242 Å². The molecule has 2 aliphatic rings. The minimum Gasteiger partial charge on any atom is -0.483 e. The number of hydrogen-bond acceptors (Lipinski definition) is 6. The van der Waals surface area contributed by atoms with Gasteiger partial charge in [0.05, 0.1) is 11.9 Å². The van der Waals surface area contributed by atoms with Crippen molar-refractivity contribution in [2.45, 2.75) is 39.0 Å². The van der Waals surface area contributed by atoms with E-state index in [0.29, 0.717) is 5.75 Å². The molecule has 0 amide bonds. The minimum absolute atomic E-state index is 0.00251. The lowest BCUT2D eigenvalue weighted by molar-refractivity contribution is 0.0953. The molecule has 0 atom stereocenters. The molecule has 0 aliphatic carbocycles. The van der Waals surface area contributed by atoms with Crippen LogP contribution in [-0.2, 0) is 13.1 Å². The van der Waals surface area contributed by atoms with Gasteiger partial charge in [0.2, 0.25) is 5.75 Å². The van der Waals surface area contributed by atoms with E-state index in [2.05, 4.69) is 81.3 Å². The first-order valence-corrected chi connectivity index (χ1v) is 14.8. The first-order valence-electron chi connectivity index (χ1n) is 14.8. The van der Waals surface area contributed by atoms with Gasteiger partial charge in [0.25, 0.3) is 0 Å². The quantitative estimate of drug-likeness (QED) is 0.312. The second-order valence-electron chi connectivity index (χ2n) is 11.2. The van der Waals surface area contributed by atoms with Crippen molar-refractivity contribution in [3.05, 3.63) is 118 Å². The third kappa shape index (κ3) is 6.69. The summed E-state index contributed by atoms with van der Waals surface area (Å²) in [6.45, 7) is 9.42. The predicted octanol–water partition coefficient (Wildman–Crippen LogP) is 4.91. The van der Waals surface area contributed by atoms with Crippen LogP contribution >= 0.6 is 0 Å². The summed E-state index contributed by atoms with van der Waals surface area (Å²) in [7, 11) is 0. The molecule has 0 spiro atoms. The van der Waals surface area contributed by atoms with Crippen LogP contribution in [0.1, 0.15) is 29.5 Å². The maximum absolute atomic E-state index is 13.9. The Balaban J connectivity index is 1.17. The van der Waals surface area contributed by atoms with Crippen LogP contribution in [0.25, 0.3) is 5.69 Å². The number of hydrogen-bond donors (Lipinski definition) is 0. The Morgan fingerprint density at radius 1 is 0.756 bits per heavy atom. The van der Waals surface area contributed by atoms with E-state index in [1.807, 2.05) is 36.5 Å². The monoisotopic (exact) mass is 549 g/mol. The maximum atomic E-state index is 13.9. The Bertz CT molecular complexity index is 1470. The van der Waals surface area contributed by atoms with Crippen LogP contribution in [-0.4, -0.2) is 65.0 Å². The fourth-order valence-electron chi connectivity index (χ4n) is 5.93. The van der Waals surface area contributed by atoms with Gasteiger partial charge < -0.3 is 9.64 Å². The van der Waals surface area contributed by atoms with Crippen LogP contribution in [0.5, 0.6) is 5.75 Å². The highest BCUT2D eigenvalue weighted by Crippen LogP contribution is 2.29. The Hall–Kier alpha value is -3.94. The summed E-state index contributed by atoms with van der Waals surface area (Å²) in [4.78, 5) is 21.1. The summed E-state index contributed by atoms with van der Waals surface area (Å²) in [5, 5.41) is 4.59. The standard InChI is InChI=1S/C34H39N5O2/c1-27-9-8-12-29(23-27)26-37-19-21-38(22-20-37)32-24-35-39(30-13-6-3-7-14-30)34(40)33(32)41-31-15-17-36(18-16-31)25-28-10-4-2-5-11-28/h2-14,23-24,31H,15-22,25-26H2,1H3. The number of para-hydroxylation sites is 1. The number of aromatic nitrogens is 2. The smallest absolute Gasteiger partial charge is 0.316 e. The fraction of sp³-hybridized carbons (Fsp3) is 0.353. The molecule has 3 aromatic carbocycles. The van der Waals surface area contributed by atoms with Crippen molar-refractivity contribution >= 4 is 5.69 Å². The lowest BCUT2D eigenvalue weighted by Crippen LogP contribution is -2.47. The first-order chi connectivity index (χ1) is 20.1. The summed E-state index contributed by atoms with van der Waals surface area (Å²) in [6, 6.07) is 28.9. The summed E-state index contributed by atoms with van der Waals surface area (Å²) in [6.07, 6.45) is 3.61. The lowest BCUT2D eigenvalue weighted by atomic mass is 10.1. The van der Waals surface area contributed by atoms with Gasteiger partial charge in [-0.05, 0) is 43.0 Å². The molecule has 0 saturated carbocycles. The Morgan fingerprint density at radius 2 is 1.39 bits per heavy atom. The average molecular weight is 550 g/mol. The van der Waals surface area contributed by atoms with Crippen molar-refractivity contribution < 1.29 is 4.74 Å². The van der Waals surface area contributed by atoms with Crippen LogP contribution in [0.15, 0.2) is 95.9 Å². The van der Waals surface area contributed by atoms with Crippen molar-refractivity contribution in [2.75, 3.05) is 44.2 Å². The van der Waals surface area contributed by atoms with E-state index in [9.17, 15) is 4.79 Å². The highest BCUT2D eigenvalue weighted by molar-refractivity contribution is 5.57. The fourth-order valence-corrected chi connectivity index (χ4v) is 5.93. The van der Waals surface area contributed by atoms with Crippen LogP contribution < -0.4 is 15.2 Å². The molecule has 0 unspecified atom stereocenters. The largest absolute Gasteiger partial charge is 0.483 e. The van der Waals surface area contributed by atoms with Gasteiger partial charge >= 0.3 is 5.56 Å². The molecule has 3 heterocycles. The SMILES string of the molecule is Cc1cccc(CN2CCN(c3cnn(-c4ccccc4)c(=O)c3OC3CCN(Cc4ccccc4)CC3)CC2)c1. The van der Waals surface area contributed by atoms with Crippen molar-refractivity contribution in [1.29, 1.82) is 0 Å². The Morgan fingerprint density at radius 3 is 2.10 bits per heavy atom. The number of ether oxygens (including phenoxy) is 1. The van der Waals surface area contributed by atoms with Crippen molar-refractivity contribution in [3.8, 4) is 11.4 Å². The number of benzene rings is 3. The molecule has 0 radical (unpaired) electrons. The molecule has 0 N–H and O–H groups in total. The zero-order valence-electron chi connectivity index (χ0n) is 23.9. The second-order valence-corrected chi connectivity index (χ2v) is 11.2.